The Labute approximate surface area is 138 Å². The van der Waals surface area contributed by atoms with Crippen molar-refractivity contribution in [1.82, 2.24) is 5.32 Å². The Morgan fingerprint density at radius 3 is 2.59 bits per heavy atom. The molecule has 0 fully saturated rings. The first-order valence-corrected chi connectivity index (χ1v) is 7.85. The van der Waals surface area contributed by atoms with Crippen molar-refractivity contribution in [3.05, 3.63) is 63.9 Å². The van der Waals surface area contributed by atoms with Crippen molar-refractivity contribution in [2.45, 2.75) is 13.3 Å². The van der Waals surface area contributed by atoms with Crippen LogP contribution in [0, 0.1) is 12.7 Å². The number of aryl methyl sites for hydroxylation is 1. The lowest BCUT2D eigenvalue weighted by atomic mass is 10.1. The van der Waals surface area contributed by atoms with Gasteiger partial charge in [-0.3, -0.25) is 4.79 Å². The number of benzene rings is 2. The van der Waals surface area contributed by atoms with Crippen molar-refractivity contribution in [3.8, 4) is 0 Å². The molecular formula is C17H18BrFN2O. The second-order valence-electron chi connectivity index (χ2n) is 5.04. The van der Waals surface area contributed by atoms with Crippen molar-refractivity contribution < 1.29 is 9.18 Å². The van der Waals surface area contributed by atoms with E-state index < -0.39 is 0 Å². The van der Waals surface area contributed by atoms with Gasteiger partial charge in [0.25, 0.3) is 0 Å². The lowest BCUT2D eigenvalue weighted by Crippen LogP contribution is -2.31. The van der Waals surface area contributed by atoms with Gasteiger partial charge in [-0.25, -0.2) is 4.39 Å². The van der Waals surface area contributed by atoms with Gasteiger partial charge in [-0.2, -0.15) is 0 Å². The molecule has 0 saturated carbocycles. The Bertz CT molecular complexity index is 644. The van der Waals surface area contributed by atoms with Crippen LogP contribution >= 0.6 is 15.9 Å². The van der Waals surface area contributed by atoms with Crippen molar-refractivity contribution in [1.29, 1.82) is 0 Å². The minimum absolute atomic E-state index is 0.0705. The summed E-state index contributed by atoms with van der Waals surface area (Å²) in [5.74, 6) is -0.319. The third-order valence-electron chi connectivity index (χ3n) is 3.27. The topological polar surface area (TPSA) is 41.1 Å². The van der Waals surface area contributed by atoms with Gasteiger partial charge in [0.1, 0.15) is 5.82 Å². The number of nitrogens with one attached hydrogen (secondary N) is 2. The molecule has 0 aromatic heterocycles. The maximum Gasteiger partial charge on any atom is 0.239 e. The molecule has 0 bridgehead atoms. The predicted molar refractivity (Wildman–Crippen MR) is 90.5 cm³/mol. The SMILES string of the molecule is Cc1ccc(NCC(=O)NCCc2ccc(F)cc2)cc1Br. The number of hydrogen-bond acceptors (Lipinski definition) is 2. The van der Waals surface area contributed by atoms with E-state index in [0.29, 0.717) is 13.0 Å². The molecule has 0 aliphatic rings. The quantitative estimate of drug-likeness (QED) is 0.820. The molecule has 0 unspecified atom stereocenters. The summed E-state index contributed by atoms with van der Waals surface area (Å²) in [6, 6.07) is 12.2. The molecule has 0 aliphatic heterocycles. The van der Waals surface area contributed by atoms with Crippen LogP contribution in [0.1, 0.15) is 11.1 Å². The van der Waals surface area contributed by atoms with Gasteiger partial charge < -0.3 is 10.6 Å². The van der Waals surface area contributed by atoms with Crippen LogP contribution in [-0.4, -0.2) is 19.0 Å². The van der Waals surface area contributed by atoms with Crippen LogP contribution in [0.2, 0.25) is 0 Å². The maximum absolute atomic E-state index is 12.8. The van der Waals surface area contributed by atoms with E-state index >= 15 is 0 Å². The van der Waals surface area contributed by atoms with Crippen LogP contribution in [-0.2, 0) is 11.2 Å². The first-order valence-electron chi connectivity index (χ1n) is 7.06. The van der Waals surface area contributed by atoms with Crippen LogP contribution in [0.5, 0.6) is 0 Å². The third-order valence-corrected chi connectivity index (χ3v) is 4.13. The Morgan fingerprint density at radius 2 is 1.91 bits per heavy atom. The minimum Gasteiger partial charge on any atom is -0.376 e. The molecule has 22 heavy (non-hydrogen) atoms. The number of amides is 1. The Balaban J connectivity index is 1.71. The van der Waals surface area contributed by atoms with Crippen LogP contribution in [0.4, 0.5) is 10.1 Å². The van der Waals surface area contributed by atoms with Crippen molar-refractivity contribution in [3.63, 3.8) is 0 Å². The molecule has 0 atom stereocenters. The molecule has 5 heteroatoms. The fraction of sp³-hybridized carbons (Fsp3) is 0.235. The molecular weight excluding hydrogens is 347 g/mol. The molecule has 2 aromatic rings. The van der Waals surface area contributed by atoms with Crippen LogP contribution < -0.4 is 10.6 Å². The summed E-state index contributed by atoms with van der Waals surface area (Å²) in [5.41, 5.74) is 3.04. The monoisotopic (exact) mass is 364 g/mol. The number of hydrogen-bond donors (Lipinski definition) is 2. The molecule has 2 N–H and O–H groups in total. The molecule has 0 radical (unpaired) electrons. The highest BCUT2D eigenvalue weighted by Crippen LogP contribution is 2.20. The summed E-state index contributed by atoms with van der Waals surface area (Å²) in [7, 11) is 0. The fourth-order valence-corrected chi connectivity index (χ4v) is 2.32. The number of carbonyl (C=O) groups is 1. The number of carbonyl (C=O) groups excluding carboxylic acids is 1. The largest absolute Gasteiger partial charge is 0.376 e. The zero-order valence-electron chi connectivity index (χ0n) is 12.3. The molecule has 0 aliphatic carbocycles. The lowest BCUT2D eigenvalue weighted by Gasteiger charge is -2.09. The number of anilines is 1. The van der Waals surface area contributed by atoms with Crippen LogP contribution in [0.25, 0.3) is 0 Å². The first-order chi connectivity index (χ1) is 10.5. The second-order valence-corrected chi connectivity index (χ2v) is 5.90. The fourth-order valence-electron chi connectivity index (χ4n) is 1.94. The number of halogens is 2. The zero-order chi connectivity index (χ0) is 15.9. The molecule has 0 spiro atoms. The van der Waals surface area contributed by atoms with E-state index in [2.05, 4.69) is 26.6 Å². The van der Waals surface area contributed by atoms with E-state index in [4.69, 9.17) is 0 Å². The third kappa shape index (κ3) is 5.15. The van der Waals surface area contributed by atoms with Crippen LogP contribution in [0.15, 0.2) is 46.9 Å². The average molecular weight is 365 g/mol. The maximum atomic E-state index is 12.8. The smallest absolute Gasteiger partial charge is 0.239 e. The molecule has 0 heterocycles. The summed E-state index contributed by atoms with van der Waals surface area (Å²) in [4.78, 5) is 11.8. The average Bonchev–Trinajstić information content (AvgIpc) is 2.50. The zero-order valence-corrected chi connectivity index (χ0v) is 13.9. The van der Waals surface area contributed by atoms with Gasteiger partial charge in [0.15, 0.2) is 0 Å². The first kappa shape index (κ1) is 16.5. The molecule has 1 amide bonds. The molecule has 3 nitrogen and oxygen atoms in total. The van der Waals surface area contributed by atoms with E-state index in [1.54, 1.807) is 12.1 Å². The van der Waals surface area contributed by atoms with E-state index in [1.807, 2.05) is 25.1 Å². The Morgan fingerprint density at radius 1 is 1.18 bits per heavy atom. The van der Waals surface area contributed by atoms with E-state index in [9.17, 15) is 9.18 Å². The minimum atomic E-state index is -0.249. The lowest BCUT2D eigenvalue weighted by molar-refractivity contribution is -0.119. The Kier molecular flexibility index (Phi) is 5.95. The summed E-state index contributed by atoms with van der Waals surface area (Å²) < 4.78 is 13.8. The van der Waals surface area contributed by atoms with E-state index in [-0.39, 0.29) is 18.3 Å². The highest BCUT2D eigenvalue weighted by molar-refractivity contribution is 9.10. The van der Waals surface area contributed by atoms with E-state index in [1.165, 1.54) is 12.1 Å². The van der Waals surface area contributed by atoms with Gasteiger partial charge in [-0.05, 0) is 48.7 Å². The molecule has 0 saturated heterocycles. The second kappa shape index (κ2) is 7.94. The summed E-state index contributed by atoms with van der Waals surface area (Å²) in [5, 5.41) is 5.91. The number of rotatable bonds is 6. The summed E-state index contributed by atoms with van der Waals surface area (Å²) in [6.07, 6.45) is 0.683. The van der Waals surface area contributed by atoms with Crippen LogP contribution in [0.3, 0.4) is 0 Å². The predicted octanol–water partition coefficient (Wildman–Crippen LogP) is 3.67. The molecule has 2 rings (SSSR count). The molecule has 2 aromatic carbocycles. The van der Waals surface area contributed by atoms with Crippen molar-refractivity contribution in [2.24, 2.45) is 0 Å². The van der Waals surface area contributed by atoms with Gasteiger partial charge >= 0.3 is 0 Å². The van der Waals surface area contributed by atoms with Gasteiger partial charge in [0.2, 0.25) is 5.91 Å². The molecule has 116 valence electrons. The van der Waals surface area contributed by atoms with Gasteiger partial charge in [0, 0.05) is 16.7 Å². The normalized spacial score (nSPS) is 10.3. The van der Waals surface area contributed by atoms with E-state index in [0.717, 1.165) is 21.3 Å². The Hall–Kier alpha value is -1.88. The van der Waals surface area contributed by atoms with Crippen molar-refractivity contribution >= 4 is 27.5 Å². The van der Waals surface area contributed by atoms with Crippen molar-refractivity contribution in [2.75, 3.05) is 18.4 Å². The highest BCUT2D eigenvalue weighted by Gasteiger charge is 2.02. The van der Waals surface area contributed by atoms with Gasteiger partial charge in [0.05, 0.1) is 6.54 Å². The summed E-state index contributed by atoms with van der Waals surface area (Å²) in [6.45, 7) is 2.76. The van der Waals surface area contributed by atoms with Gasteiger partial charge in [-0.1, -0.05) is 34.1 Å². The van der Waals surface area contributed by atoms with Gasteiger partial charge in [-0.15, -0.1) is 0 Å². The highest BCUT2D eigenvalue weighted by atomic mass is 79.9. The standard InChI is InChI=1S/C17H18BrFN2O/c1-12-2-7-15(10-16(12)18)21-11-17(22)20-9-8-13-3-5-14(19)6-4-13/h2-7,10,21H,8-9,11H2,1H3,(H,20,22). The summed E-state index contributed by atoms with van der Waals surface area (Å²) >= 11 is 3.46.